The van der Waals surface area contributed by atoms with Gasteiger partial charge in [-0.05, 0) is 31.2 Å². The summed E-state index contributed by atoms with van der Waals surface area (Å²) in [6.45, 7) is 0.752. The van der Waals surface area contributed by atoms with Crippen molar-refractivity contribution in [3.05, 3.63) is 47.8 Å². The topological polar surface area (TPSA) is 88.3 Å². The number of carbonyl (C=O) groups excluding carboxylic acids is 1. The summed E-state index contributed by atoms with van der Waals surface area (Å²) in [4.78, 5) is 25.4. The fraction of sp³-hybridized carbons (Fsp3) is 0.412. The van der Waals surface area contributed by atoms with Gasteiger partial charge in [-0.3, -0.25) is 4.79 Å². The van der Waals surface area contributed by atoms with E-state index in [-0.39, 0.29) is 24.2 Å². The maximum absolute atomic E-state index is 12.6. The Morgan fingerprint density at radius 2 is 2.00 bits per heavy atom. The summed E-state index contributed by atoms with van der Waals surface area (Å²) in [5.74, 6) is -1.19. The first-order chi connectivity index (χ1) is 11.6. The maximum atomic E-state index is 12.6. The van der Waals surface area contributed by atoms with E-state index in [0.29, 0.717) is 0 Å². The fourth-order valence-corrected chi connectivity index (χ4v) is 3.13. The van der Waals surface area contributed by atoms with E-state index in [1.54, 1.807) is 0 Å². The summed E-state index contributed by atoms with van der Waals surface area (Å²) >= 11 is 0. The zero-order valence-electron chi connectivity index (χ0n) is 13.3. The number of nitrogens with zero attached hydrogens (tertiary/aromatic N) is 4. The van der Waals surface area contributed by atoms with E-state index in [9.17, 15) is 9.59 Å². The molecule has 24 heavy (non-hydrogen) atoms. The average molecular weight is 328 g/mol. The molecule has 1 aromatic heterocycles. The summed E-state index contributed by atoms with van der Waals surface area (Å²) in [5, 5.41) is 16.1. The van der Waals surface area contributed by atoms with Crippen LogP contribution in [0.3, 0.4) is 0 Å². The number of aromatic nitrogens is 3. The molecule has 0 radical (unpaired) electrons. The van der Waals surface area contributed by atoms with Crippen molar-refractivity contribution in [1.29, 1.82) is 0 Å². The normalized spacial score (nSPS) is 17.7. The van der Waals surface area contributed by atoms with Gasteiger partial charge in [-0.2, -0.15) is 0 Å². The minimum atomic E-state index is -1.14. The Balaban J connectivity index is 1.67. The first kappa shape index (κ1) is 16.2. The first-order valence-electron chi connectivity index (χ1n) is 8.10. The molecule has 0 bridgehead atoms. The molecule has 1 aliphatic rings. The molecule has 1 unspecified atom stereocenters. The van der Waals surface area contributed by atoms with E-state index in [4.69, 9.17) is 5.11 Å². The van der Waals surface area contributed by atoms with Crippen LogP contribution in [0.4, 0.5) is 0 Å². The molecule has 1 fully saturated rings. The lowest BCUT2D eigenvalue weighted by atomic mass is 9.95. The molecule has 2 aromatic rings. The smallest absolute Gasteiger partial charge is 0.358 e. The van der Waals surface area contributed by atoms with Crippen LogP contribution in [0.15, 0.2) is 36.5 Å². The summed E-state index contributed by atoms with van der Waals surface area (Å²) in [7, 11) is 0. The number of piperidine rings is 1. The third-order valence-electron chi connectivity index (χ3n) is 4.32. The van der Waals surface area contributed by atoms with Gasteiger partial charge in [0, 0.05) is 12.6 Å². The lowest BCUT2D eigenvalue weighted by molar-refractivity contribution is -0.135. The second kappa shape index (κ2) is 7.25. The van der Waals surface area contributed by atoms with Crippen LogP contribution in [0.1, 0.15) is 35.3 Å². The van der Waals surface area contributed by atoms with Crippen molar-refractivity contribution in [2.75, 3.05) is 6.54 Å². The molecular weight excluding hydrogens is 308 g/mol. The van der Waals surface area contributed by atoms with Gasteiger partial charge in [-0.25, -0.2) is 9.48 Å². The van der Waals surface area contributed by atoms with E-state index in [2.05, 4.69) is 22.4 Å². The predicted molar refractivity (Wildman–Crippen MR) is 86.5 cm³/mol. The highest BCUT2D eigenvalue weighted by molar-refractivity contribution is 5.84. The molecule has 1 N–H and O–H groups in total. The number of rotatable bonds is 5. The molecular formula is C17H20N4O3. The van der Waals surface area contributed by atoms with Crippen molar-refractivity contribution < 1.29 is 14.7 Å². The molecule has 126 valence electrons. The Kier molecular flexibility index (Phi) is 4.88. The van der Waals surface area contributed by atoms with Gasteiger partial charge in [0.05, 0.1) is 6.20 Å². The van der Waals surface area contributed by atoms with Crippen LogP contribution in [0.25, 0.3) is 0 Å². The lowest BCUT2D eigenvalue weighted by Gasteiger charge is -2.36. The first-order valence-corrected chi connectivity index (χ1v) is 8.10. The number of carboxylic acids is 1. The highest BCUT2D eigenvalue weighted by Gasteiger charge is 2.27. The van der Waals surface area contributed by atoms with Crippen LogP contribution < -0.4 is 0 Å². The molecule has 1 atom stereocenters. The summed E-state index contributed by atoms with van der Waals surface area (Å²) in [5.41, 5.74) is 1.07. The van der Waals surface area contributed by atoms with Gasteiger partial charge >= 0.3 is 5.97 Å². The Morgan fingerprint density at radius 1 is 1.21 bits per heavy atom. The molecule has 7 nitrogen and oxygen atoms in total. The minimum absolute atomic E-state index is 0.0194. The van der Waals surface area contributed by atoms with E-state index in [0.717, 1.165) is 32.2 Å². The van der Waals surface area contributed by atoms with Crippen molar-refractivity contribution in [3.8, 4) is 0 Å². The number of carbonyl (C=O) groups is 2. The number of hydrogen-bond acceptors (Lipinski definition) is 4. The minimum Gasteiger partial charge on any atom is -0.476 e. The van der Waals surface area contributed by atoms with Gasteiger partial charge in [-0.1, -0.05) is 35.5 Å². The van der Waals surface area contributed by atoms with E-state index < -0.39 is 5.97 Å². The van der Waals surface area contributed by atoms with E-state index in [1.807, 2.05) is 23.1 Å². The number of aromatic carboxylic acids is 1. The molecule has 3 rings (SSSR count). The maximum Gasteiger partial charge on any atom is 0.358 e. The molecule has 0 aliphatic carbocycles. The predicted octanol–water partition coefficient (Wildman–Crippen LogP) is 1.60. The number of hydrogen-bond donors (Lipinski definition) is 1. The summed E-state index contributed by atoms with van der Waals surface area (Å²) < 4.78 is 1.29. The Bertz CT molecular complexity index is 714. The summed E-state index contributed by atoms with van der Waals surface area (Å²) in [6, 6.07) is 10.3. The fourth-order valence-electron chi connectivity index (χ4n) is 3.13. The quantitative estimate of drug-likeness (QED) is 0.900. The van der Waals surface area contributed by atoms with Gasteiger partial charge in [0.1, 0.15) is 6.54 Å². The third kappa shape index (κ3) is 3.79. The van der Waals surface area contributed by atoms with Crippen molar-refractivity contribution in [2.45, 2.75) is 38.3 Å². The molecule has 1 amide bonds. The monoisotopic (exact) mass is 328 g/mol. The summed E-state index contributed by atoms with van der Waals surface area (Å²) in [6.07, 6.45) is 5.22. The van der Waals surface area contributed by atoms with Crippen molar-refractivity contribution in [3.63, 3.8) is 0 Å². The molecule has 1 aliphatic heterocycles. The molecule has 1 saturated heterocycles. The van der Waals surface area contributed by atoms with Crippen LogP contribution in [-0.4, -0.2) is 49.5 Å². The molecule has 2 heterocycles. The van der Waals surface area contributed by atoms with Gasteiger partial charge < -0.3 is 10.0 Å². The SMILES string of the molecule is O=C(O)c1cn(CC(=O)N2CCCCC2Cc2ccccc2)nn1. The standard InChI is InChI=1S/C17H20N4O3/c22-16(12-20-11-15(17(23)24)18-19-20)21-9-5-4-8-14(21)10-13-6-2-1-3-7-13/h1-3,6-7,11,14H,4-5,8-10,12H2,(H,23,24). The zero-order valence-corrected chi connectivity index (χ0v) is 13.3. The van der Waals surface area contributed by atoms with Gasteiger partial charge in [0.15, 0.2) is 5.69 Å². The van der Waals surface area contributed by atoms with E-state index in [1.165, 1.54) is 16.4 Å². The number of carboxylic acid groups (broad SMARTS) is 1. The van der Waals surface area contributed by atoms with Crippen LogP contribution in [0.5, 0.6) is 0 Å². The van der Waals surface area contributed by atoms with Crippen molar-refractivity contribution >= 4 is 11.9 Å². The molecule has 1 aromatic carbocycles. The van der Waals surface area contributed by atoms with Gasteiger partial charge in [-0.15, -0.1) is 5.10 Å². The lowest BCUT2D eigenvalue weighted by Crippen LogP contribution is -2.46. The van der Waals surface area contributed by atoms with Crippen LogP contribution >= 0.6 is 0 Å². The Morgan fingerprint density at radius 3 is 2.71 bits per heavy atom. The molecule has 7 heteroatoms. The van der Waals surface area contributed by atoms with Crippen molar-refractivity contribution in [2.24, 2.45) is 0 Å². The number of likely N-dealkylation sites (tertiary alicyclic amines) is 1. The van der Waals surface area contributed by atoms with Crippen LogP contribution in [0.2, 0.25) is 0 Å². The third-order valence-corrected chi connectivity index (χ3v) is 4.32. The van der Waals surface area contributed by atoms with Crippen LogP contribution in [-0.2, 0) is 17.8 Å². The molecule has 0 saturated carbocycles. The second-order valence-electron chi connectivity index (χ2n) is 6.03. The largest absolute Gasteiger partial charge is 0.476 e. The van der Waals surface area contributed by atoms with Gasteiger partial charge in [0.25, 0.3) is 0 Å². The Labute approximate surface area is 139 Å². The second-order valence-corrected chi connectivity index (χ2v) is 6.03. The number of amides is 1. The van der Waals surface area contributed by atoms with E-state index >= 15 is 0 Å². The van der Waals surface area contributed by atoms with Crippen LogP contribution in [0, 0.1) is 0 Å². The highest BCUT2D eigenvalue weighted by atomic mass is 16.4. The number of benzene rings is 1. The Hall–Kier alpha value is -2.70. The van der Waals surface area contributed by atoms with Gasteiger partial charge in [0.2, 0.25) is 5.91 Å². The average Bonchev–Trinajstić information content (AvgIpc) is 3.05. The molecule has 0 spiro atoms. The van der Waals surface area contributed by atoms with Crippen molar-refractivity contribution in [1.82, 2.24) is 19.9 Å². The highest BCUT2D eigenvalue weighted by Crippen LogP contribution is 2.21. The zero-order chi connectivity index (χ0) is 16.9.